The van der Waals surface area contributed by atoms with E-state index in [9.17, 15) is 4.39 Å². The highest BCUT2D eigenvalue weighted by atomic mass is 35.5. The molecule has 27 heavy (non-hydrogen) atoms. The first-order chi connectivity index (χ1) is 13.1. The third-order valence-electron chi connectivity index (χ3n) is 4.61. The second-order valence-electron chi connectivity index (χ2n) is 6.65. The Morgan fingerprint density at radius 1 is 1.30 bits per heavy atom. The Balaban J connectivity index is 1.60. The molecule has 1 unspecified atom stereocenters. The summed E-state index contributed by atoms with van der Waals surface area (Å²) in [7, 11) is 0. The van der Waals surface area contributed by atoms with E-state index in [4.69, 9.17) is 21.1 Å². The topological polar surface area (TPSA) is 56.3 Å². The number of rotatable bonds is 5. The first-order valence-corrected chi connectivity index (χ1v) is 9.16. The monoisotopic (exact) mass is 387 g/mol. The van der Waals surface area contributed by atoms with E-state index < -0.39 is 5.82 Å². The second kappa shape index (κ2) is 7.66. The molecule has 2 heterocycles. The van der Waals surface area contributed by atoms with Crippen molar-refractivity contribution in [2.24, 2.45) is 5.92 Å². The number of hydrogen-bond acceptors (Lipinski definition) is 5. The highest BCUT2D eigenvalue weighted by molar-refractivity contribution is 6.31. The van der Waals surface area contributed by atoms with Crippen molar-refractivity contribution in [3.63, 3.8) is 0 Å². The van der Waals surface area contributed by atoms with E-state index in [0.29, 0.717) is 24.0 Å². The molecule has 1 aliphatic heterocycles. The van der Waals surface area contributed by atoms with Gasteiger partial charge in [-0.15, -0.1) is 0 Å². The van der Waals surface area contributed by atoms with E-state index in [2.05, 4.69) is 15.3 Å². The fraction of sp³-hybridized carbons (Fsp3) is 0.300. The number of aromatic nitrogens is 2. The quantitative estimate of drug-likeness (QED) is 0.675. The van der Waals surface area contributed by atoms with Crippen LogP contribution in [0.2, 0.25) is 5.02 Å². The van der Waals surface area contributed by atoms with Gasteiger partial charge < -0.3 is 14.8 Å². The smallest absolute Gasteiger partial charge is 0.141 e. The molecule has 0 aliphatic carbocycles. The summed E-state index contributed by atoms with van der Waals surface area (Å²) < 4.78 is 24.8. The molecule has 3 aromatic rings. The number of aryl methyl sites for hydroxylation is 1. The molecule has 1 atom stereocenters. The van der Waals surface area contributed by atoms with Gasteiger partial charge in [-0.2, -0.15) is 0 Å². The number of anilines is 2. The Morgan fingerprint density at radius 2 is 2.19 bits per heavy atom. The van der Waals surface area contributed by atoms with Gasteiger partial charge in [0, 0.05) is 29.7 Å². The van der Waals surface area contributed by atoms with Crippen LogP contribution in [0.15, 0.2) is 36.7 Å². The van der Waals surface area contributed by atoms with Gasteiger partial charge in [-0.05, 0) is 43.2 Å². The average Bonchev–Trinajstić information content (AvgIpc) is 3.17. The van der Waals surface area contributed by atoms with E-state index in [1.165, 1.54) is 18.5 Å². The molecule has 140 valence electrons. The fourth-order valence-corrected chi connectivity index (χ4v) is 3.26. The maximum Gasteiger partial charge on any atom is 0.141 e. The van der Waals surface area contributed by atoms with Crippen molar-refractivity contribution in [2.45, 2.75) is 13.3 Å². The van der Waals surface area contributed by atoms with Crippen molar-refractivity contribution in [2.75, 3.05) is 25.1 Å². The maximum absolute atomic E-state index is 13.4. The number of fused-ring (bicyclic) bond motifs is 1. The first-order valence-electron chi connectivity index (χ1n) is 8.78. The number of nitrogens with one attached hydrogen (secondary N) is 1. The molecule has 5 nitrogen and oxygen atoms in total. The maximum atomic E-state index is 13.4. The fourth-order valence-electron chi connectivity index (χ4n) is 3.08. The van der Waals surface area contributed by atoms with Crippen LogP contribution in [0, 0.1) is 18.7 Å². The van der Waals surface area contributed by atoms with Gasteiger partial charge in [-0.3, -0.25) is 0 Å². The zero-order valence-electron chi connectivity index (χ0n) is 14.8. The van der Waals surface area contributed by atoms with E-state index in [-0.39, 0.29) is 5.02 Å². The van der Waals surface area contributed by atoms with Crippen LogP contribution in [-0.4, -0.2) is 29.8 Å². The summed E-state index contributed by atoms with van der Waals surface area (Å²) in [5.41, 5.74) is 2.42. The van der Waals surface area contributed by atoms with E-state index >= 15 is 0 Å². The third kappa shape index (κ3) is 3.96. The van der Waals surface area contributed by atoms with Crippen LogP contribution in [-0.2, 0) is 4.74 Å². The van der Waals surface area contributed by atoms with Gasteiger partial charge in [0.15, 0.2) is 0 Å². The van der Waals surface area contributed by atoms with Crippen LogP contribution < -0.4 is 10.1 Å². The zero-order valence-corrected chi connectivity index (χ0v) is 15.6. The summed E-state index contributed by atoms with van der Waals surface area (Å²) in [6, 6.07) is 8.37. The Kier molecular flexibility index (Phi) is 5.09. The van der Waals surface area contributed by atoms with Crippen LogP contribution in [0.1, 0.15) is 12.0 Å². The Bertz CT molecular complexity index is 977. The van der Waals surface area contributed by atoms with Crippen LogP contribution >= 0.6 is 11.6 Å². The average molecular weight is 388 g/mol. The number of nitrogens with zero attached hydrogens (tertiary/aromatic N) is 2. The Morgan fingerprint density at radius 3 is 2.96 bits per heavy atom. The van der Waals surface area contributed by atoms with Crippen molar-refractivity contribution < 1.29 is 13.9 Å². The highest BCUT2D eigenvalue weighted by Gasteiger charge is 2.17. The first kappa shape index (κ1) is 17.9. The molecule has 0 spiro atoms. The molecule has 0 radical (unpaired) electrons. The number of hydrogen-bond donors (Lipinski definition) is 1. The third-order valence-corrected chi connectivity index (χ3v) is 4.90. The van der Waals surface area contributed by atoms with Gasteiger partial charge in [0.05, 0.1) is 23.8 Å². The molecule has 4 rings (SSSR count). The van der Waals surface area contributed by atoms with Crippen molar-refractivity contribution in [3.8, 4) is 5.75 Å². The van der Waals surface area contributed by atoms with E-state index in [1.807, 2.05) is 19.1 Å². The molecule has 1 N–H and O–H groups in total. The molecule has 7 heteroatoms. The van der Waals surface area contributed by atoms with Crippen LogP contribution in [0.4, 0.5) is 15.9 Å². The highest BCUT2D eigenvalue weighted by Crippen LogP contribution is 2.30. The summed E-state index contributed by atoms with van der Waals surface area (Å²) in [4.78, 5) is 8.67. The molecule has 1 aromatic heterocycles. The lowest BCUT2D eigenvalue weighted by molar-refractivity contribution is 0.167. The molecule has 0 bridgehead atoms. The van der Waals surface area contributed by atoms with Gasteiger partial charge in [-0.1, -0.05) is 11.6 Å². The number of benzene rings is 2. The van der Waals surface area contributed by atoms with E-state index in [1.54, 1.807) is 6.07 Å². The minimum atomic E-state index is -0.458. The summed E-state index contributed by atoms with van der Waals surface area (Å²) in [5.74, 6) is 1.41. The van der Waals surface area contributed by atoms with Crippen molar-refractivity contribution in [3.05, 3.63) is 53.1 Å². The summed E-state index contributed by atoms with van der Waals surface area (Å²) in [6.45, 7) is 4.19. The van der Waals surface area contributed by atoms with Crippen LogP contribution in [0.3, 0.4) is 0 Å². The Labute approximate surface area is 161 Å². The largest absolute Gasteiger partial charge is 0.493 e. The zero-order chi connectivity index (χ0) is 18.8. The van der Waals surface area contributed by atoms with Gasteiger partial charge >= 0.3 is 0 Å². The molecule has 1 saturated heterocycles. The Hall–Kier alpha value is -2.44. The van der Waals surface area contributed by atoms with Crippen molar-refractivity contribution >= 4 is 34.0 Å². The minimum Gasteiger partial charge on any atom is -0.493 e. The molecule has 2 aromatic carbocycles. The van der Waals surface area contributed by atoms with Gasteiger partial charge in [0.1, 0.15) is 23.7 Å². The number of halogens is 2. The lowest BCUT2D eigenvalue weighted by Crippen LogP contribution is -2.12. The predicted octanol–water partition coefficient (Wildman–Crippen LogP) is 4.89. The SMILES string of the molecule is Cc1cc2c(Nc3ccc(F)c(Cl)c3)ncnc2cc1OCC1CCOC1. The standard InChI is InChI=1S/C20H19ClFN3O2/c1-12-6-15-18(8-19(12)27-10-13-4-5-26-9-13)23-11-24-20(15)25-14-2-3-17(22)16(21)7-14/h2-3,6-8,11,13H,4-5,9-10H2,1H3,(H,23,24,25). The second-order valence-corrected chi connectivity index (χ2v) is 7.06. The van der Waals surface area contributed by atoms with Gasteiger partial charge in [0.2, 0.25) is 0 Å². The molecular formula is C20H19ClFN3O2. The summed E-state index contributed by atoms with van der Waals surface area (Å²) in [6.07, 6.45) is 2.52. The van der Waals surface area contributed by atoms with Gasteiger partial charge in [0.25, 0.3) is 0 Å². The number of ether oxygens (including phenoxy) is 2. The molecule has 1 fully saturated rings. The minimum absolute atomic E-state index is 0.0566. The van der Waals surface area contributed by atoms with Crippen LogP contribution in [0.25, 0.3) is 10.9 Å². The van der Waals surface area contributed by atoms with Crippen LogP contribution in [0.5, 0.6) is 5.75 Å². The molecule has 0 saturated carbocycles. The lowest BCUT2D eigenvalue weighted by Gasteiger charge is -2.14. The van der Waals surface area contributed by atoms with E-state index in [0.717, 1.165) is 41.9 Å². The van der Waals surface area contributed by atoms with Gasteiger partial charge in [-0.25, -0.2) is 14.4 Å². The summed E-state index contributed by atoms with van der Waals surface area (Å²) in [5, 5.41) is 4.09. The normalized spacial score (nSPS) is 16.6. The van der Waals surface area contributed by atoms with Crippen molar-refractivity contribution in [1.29, 1.82) is 0 Å². The molecule has 1 aliphatic rings. The lowest BCUT2D eigenvalue weighted by atomic mass is 10.1. The predicted molar refractivity (Wildman–Crippen MR) is 103 cm³/mol. The molecular weight excluding hydrogens is 369 g/mol. The van der Waals surface area contributed by atoms with Crippen molar-refractivity contribution in [1.82, 2.24) is 9.97 Å². The summed E-state index contributed by atoms with van der Waals surface area (Å²) >= 11 is 5.86. The molecule has 0 amide bonds.